The fourth-order valence-electron chi connectivity index (χ4n) is 1.05. The van der Waals surface area contributed by atoms with Crippen molar-refractivity contribution in [1.29, 1.82) is 0 Å². The summed E-state index contributed by atoms with van der Waals surface area (Å²) in [5, 5.41) is 10.4. The molecule has 8 heteroatoms. The van der Waals surface area contributed by atoms with Crippen LogP contribution in [0.3, 0.4) is 0 Å². The van der Waals surface area contributed by atoms with E-state index in [1.807, 2.05) is 0 Å². The van der Waals surface area contributed by atoms with Crippen LogP contribution in [0.5, 0.6) is 0 Å². The Bertz CT molecular complexity index is 517. The van der Waals surface area contributed by atoms with E-state index in [4.69, 9.17) is 11.6 Å². The summed E-state index contributed by atoms with van der Waals surface area (Å²) in [5.74, 6) is -1.52. The summed E-state index contributed by atoms with van der Waals surface area (Å²) in [7, 11) is -3.77. The van der Waals surface area contributed by atoms with Gasteiger partial charge in [0.2, 0.25) is 0 Å². The van der Waals surface area contributed by atoms with Crippen molar-refractivity contribution >= 4 is 27.1 Å². The number of benzene rings is 1. The SMILES string of the molecule is O=[N+]([O-])c1cc(F)cc(S(=O)(=O)CCCl)c1. The molecule has 16 heavy (non-hydrogen) atoms. The lowest BCUT2D eigenvalue weighted by Crippen LogP contribution is -2.08. The van der Waals surface area contributed by atoms with Crippen molar-refractivity contribution in [2.24, 2.45) is 0 Å². The average Bonchev–Trinajstić information content (AvgIpc) is 2.16. The number of rotatable bonds is 4. The highest BCUT2D eigenvalue weighted by molar-refractivity contribution is 7.91. The molecule has 0 aromatic heterocycles. The van der Waals surface area contributed by atoms with Crippen LogP contribution in [0.4, 0.5) is 10.1 Å². The lowest BCUT2D eigenvalue weighted by Gasteiger charge is -2.02. The Kier molecular flexibility index (Phi) is 3.82. The first-order valence-corrected chi connectivity index (χ1v) is 6.29. The summed E-state index contributed by atoms with van der Waals surface area (Å²) in [6.07, 6.45) is 0. The molecule has 0 N–H and O–H groups in total. The highest BCUT2D eigenvalue weighted by Crippen LogP contribution is 2.20. The van der Waals surface area contributed by atoms with Gasteiger partial charge in [0, 0.05) is 11.9 Å². The van der Waals surface area contributed by atoms with Gasteiger partial charge < -0.3 is 0 Å². The van der Waals surface area contributed by atoms with Crippen molar-refractivity contribution in [3.8, 4) is 0 Å². The molecular formula is C8H7ClFNO4S. The second-order valence-electron chi connectivity index (χ2n) is 2.91. The molecule has 0 heterocycles. The van der Waals surface area contributed by atoms with Gasteiger partial charge in [-0.2, -0.15) is 0 Å². The first kappa shape index (κ1) is 12.9. The summed E-state index contributed by atoms with van der Waals surface area (Å²) in [4.78, 5) is 9.12. The van der Waals surface area contributed by atoms with Crippen molar-refractivity contribution in [3.05, 3.63) is 34.1 Å². The fourth-order valence-corrected chi connectivity index (χ4v) is 2.69. The van der Waals surface area contributed by atoms with Gasteiger partial charge in [0.25, 0.3) is 5.69 Å². The Morgan fingerprint density at radius 3 is 2.50 bits per heavy atom. The van der Waals surface area contributed by atoms with Crippen molar-refractivity contribution in [3.63, 3.8) is 0 Å². The summed E-state index contributed by atoms with van der Waals surface area (Å²) in [5.41, 5.74) is -0.604. The van der Waals surface area contributed by atoms with Crippen LogP contribution in [-0.4, -0.2) is 25.0 Å². The number of hydrogen-bond donors (Lipinski definition) is 0. The van der Waals surface area contributed by atoms with Gasteiger partial charge in [0.05, 0.1) is 21.6 Å². The van der Waals surface area contributed by atoms with Crippen LogP contribution >= 0.6 is 11.6 Å². The molecule has 0 unspecified atom stereocenters. The molecule has 0 aliphatic heterocycles. The van der Waals surface area contributed by atoms with Gasteiger partial charge in [-0.05, 0) is 6.07 Å². The molecule has 0 aliphatic rings. The summed E-state index contributed by atoms with van der Waals surface area (Å²) < 4.78 is 35.9. The lowest BCUT2D eigenvalue weighted by atomic mass is 10.3. The maximum absolute atomic E-state index is 13.0. The number of nitro groups is 1. The second kappa shape index (κ2) is 4.75. The summed E-state index contributed by atoms with van der Waals surface area (Å²) >= 11 is 5.27. The van der Waals surface area contributed by atoms with Gasteiger partial charge in [0.1, 0.15) is 5.82 Å². The molecule has 88 valence electrons. The molecule has 0 saturated heterocycles. The van der Waals surface area contributed by atoms with E-state index in [2.05, 4.69) is 0 Å². The number of nitro benzene ring substituents is 1. The monoisotopic (exact) mass is 267 g/mol. The molecule has 0 spiro atoms. The van der Waals surface area contributed by atoms with E-state index in [0.29, 0.717) is 6.07 Å². The largest absolute Gasteiger partial charge is 0.273 e. The maximum atomic E-state index is 13.0. The second-order valence-corrected chi connectivity index (χ2v) is 5.40. The molecular weight excluding hydrogens is 261 g/mol. The first-order valence-electron chi connectivity index (χ1n) is 4.10. The van der Waals surface area contributed by atoms with Gasteiger partial charge in [-0.25, -0.2) is 12.8 Å². The van der Waals surface area contributed by atoms with Gasteiger partial charge in [0.15, 0.2) is 9.84 Å². The van der Waals surface area contributed by atoms with Crippen LogP contribution < -0.4 is 0 Å². The van der Waals surface area contributed by atoms with E-state index in [-0.39, 0.29) is 5.88 Å². The van der Waals surface area contributed by atoms with E-state index in [1.54, 1.807) is 0 Å². The van der Waals surface area contributed by atoms with Crippen LogP contribution in [0.1, 0.15) is 0 Å². The minimum atomic E-state index is -3.77. The van der Waals surface area contributed by atoms with E-state index in [1.165, 1.54) is 0 Å². The van der Waals surface area contributed by atoms with Crippen LogP contribution in [-0.2, 0) is 9.84 Å². The number of non-ortho nitro benzene ring substituents is 1. The van der Waals surface area contributed by atoms with Gasteiger partial charge >= 0.3 is 0 Å². The Hall–Kier alpha value is -1.21. The van der Waals surface area contributed by atoms with Crippen LogP contribution in [0.2, 0.25) is 0 Å². The Labute approximate surface area is 95.9 Å². The molecule has 0 atom stereocenters. The minimum absolute atomic E-state index is 0.160. The van der Waals surface area contributed by atoms with Crippen LogP contribution in [0.25, 0.3) is 0 Å². The molecule has 0 amide bonds. The normalized spacial score (nSPS) is 11.4. The topological polar surface area (TPSA) is 77.3 Å². The zero-order chi connectivity index (χ0) is 12.3. The molecule has 1 rings (SSSR count). The lowest BCUT2D eigenvalue weighted by molar-refractivity contribution is -0.385. The van der Waals surface area contributed by atoms with E-state index in [0.717, 1.165) is 12.1 Å². The van der Waals surface area contributed by atoms with Crippen molar-refractivity contribution < 1.29 is 17.7 Å². The third kappa shape index (κ3) is 2.89. The molecule has 0 radical (unpaired) electrons. The first-order chi connectivity index (χ1) is 7.36. The molecule has 0 bridgehead atoms. The third-order valence-corrected chi connectivity index (χ3v) is 3.88. The number of nitrogens with zero attached hydrogens (tertiary/aromatic N) is 1. The van der Waals surface area contributed by atoms with Gasteiger partial charge in [-0.15, -0.1) is 11.6 Å². The zero-order valence-corrected chi connectivity index (χ0v) is 9.46. The van der Waals surface area contributed by atoms with Gasteiger partial charge in [-0.3, -0.25) is 10.1 Å². The van der Waals surface area contributed by atoms with Crippen LogP contribution in [0.15, 0.2) is 23.1 Å². The fraction of sp³-hybridized carbons (Fsp3) is 0.250. The highest BCUT2D eigenvalue weighted by atomic mass is 35.5. The Balaban J connectivity index is 3.30. The van der Waals surface area contributed by atoms with Crippen LogP contribution in [0, 0.1) is 15.9 Å². The van der Waals surface area contributed by atoms with Crippen molar-refractivity contribution in [2.45, 2.75) is 4.90 Å². The smallest absolute Gasteiger partial charge is 0.258 e. The van der Waals surface area contributed by atoms with E-state index < -0.39 is 36.9 Å². The Morgan fingerprint density at radius 1 is 1.38 bits per heavy atom. The predicted octanol–water partition coefficient (Wildman–Crippen LogP) is 1.75. The molecule has 1 aromatic carbocycles. The molecule has 0 saturated carbocycles. The standard InChI is InChI=1S/C8H7ClFNO4S/c9-1-2-16(14,15)8-4-6(10)3-7(5-8)11(12)13/h3-5H,1-2H2. The number of halogens is 2. The minimum Gasteiger partial charge on any atom is -0.258 e. The molecule has 5 nitrogen and oxygen atoms in total. The Morgan fingerprint density at radius 2 is 2.00 bits per heavy atom. The molecule has 0 fully saturated rings. The van der Waals surface area contributed by atoms with Crippen molar-refractivity contribution in [1.82, 2.24) is 0 Å². The predicted molar refractivity (Wildman–Crippen MR) is 55.8 cm³/mol. The third-order valence-electron chi connectivity index (χ3n) is 1.77. The number of hydrogen-bond acceptors (Lipinski definition) is 4. The molecule has 0 aliphatic carbocycles. The maximum Gasteiger partial charge on any atom is 0.273 e. The number of sulfone groups is 1. The van der Waals surface area contributed by atoms with Crippen molar-refractivity contribution in [2.75, 3.05) is 11.6 Å². The summed E-state index contributed by atoms with van der Waals surface area (Å²) in [6.45, 7) is 0. The van der Waals surface area contributed by atoms with Gasteiger partial charge in [-0.1, -0.05) is 0 Å². The quantitative estimate of drug-likeness (QED) is 0.473. The number of alkyl halides is 1. The zero-order valence-electron chi connectivity index (χ0n) is 7.89. The van der Waals surface area contributed by atoms with E-state index >= 15 is 0 Å². The summed E-state index contributed by atoms with van der Waals surface area (Å²) in [6, 6.07) is 2.19. The average molecular weight is 268 g/mol. The molecule has 1 aromatic rings. The van der Waals surface area contributed by atoms with E-state index in [9.17, 15) is 22.9 Å². The highest BCUT2D eigenvalue weighted by Gasteiger charge is 2.19.